The summed E-state index contributed by atoms with van der Waals surface area (Å²) in [6.45, 7) is 8.89. The van der Waals surface area contributed by atoms with E-state index in [1.54, 1.807) is 19.2 Å². The monoisotopic (exact) mass is 584 g/mol. The number of hydrogen-bond acceptors (Lipinski definition) is 5. The minimum atomic E-state index is -0.365. The van der Waals surface area contributed by atoms with Crippen molar-refractivity contribution in [3.8, 4) is 28.6 Å². The van der Waals surface area contributed by atoms with Gasteiger partial charge in [-0.15, -0.1) is 0 Å². The second-order valence-electron chi connectivity index (χ2n) is 11.8. The zero-order valence-electron chi connectivity index (χ0n) is 26.8. The standard InChI is InChI=1S/C37H48N2O4/c1-7-8-9-10-11-12-13-14-15-16-25(2)30-21-26(3)27(4)22-33(30)43-35-24-32-31(23-34(35)41-5)38-36(39-32)28-17-19-29(20-18-28)37(40)42-6/h17-25H,7-16H2,1-6H3,(H,38,39). The van der Waals surface area contributed by atoms with Crippen molar-refractivity contribution in [2.24, 2.45) is 0 Å². The van der Waals surface area contributed by atoms with Gasteiger partial charge in [0.05, 0.1) is 30.8 Å². The highest BCUT2D eigenvalue weighted by atomic mass is 16.5. The molecule has 0 fully saturated rings. The summed E-state index contributed by atoms with van der Waals surface area (Å²) in [5.41, 5.74) is 6.70. The fourth-order valence-corrected chi connectivity index (χ4v) is 5.60. The van der Waals surface area contributed by atoms with Gasteiger partial charge in [-0.1, -0.05) is 89.8 Å². The van der Waals surface area contributed by atoms with Crippen LogP contribution in [0.25, 0.3) is 22.4 Å². The molecule has 1 unspecified atom stereocenters. The normalized spacial score (nSPS) is 12.0. The number of fused-ring (bicyclic) bond motifs is 1. The first-order valence-corrected chi connectivity index (χ1v) is 15.9. The zero-order valence-corrected chi connectivity index (χ0v) is 26.8. The number of benzene rings is 3. The maximum Gasteiger partial charge on any atom is 0.337 e. The van der Waals surface area contributed by atoms with E-state index < -0.39 is 0 Å². The van der Waals surface area contributed by atoms with Gasteiger partial charge in [0, 0.05) is 17.7 Å². The molecule has 1 heterocycles. The van der Waals surface area contributed by atoms with E-state index in [1.165, 1.54) is 81.6 Å². The lowest BCUT2D eigenvalue weighted by molar-refractivity contribution is 0.0600. The Kier molecular flexibility index (Phi) is 11.7. The Hall–Kier alpha value is -3.80. The van der Waals surface area contributed by atoms with Crippen LogP contribution < -0.4 is 9.47 Å². The first-order valence-electron chi connectivity index (χ1n) is 15.9. The molecule has 4 aromatic rings. The number of carbonyl (C=O) groups excluding carboxylic acids is 1. The Morgan fingerprint density at radius 2 is 1.47 bits per heavy atom. The fraction of sp³-hybridized carbons (Fsp3) is 0.459. The Morgan fingerprint density at radius 3 is 2.12 bits per heavy atom. The van der Waals surface area contributed by atoms with Gasteiger partial charge >= 0.3 is 5.97 Å². The number of nitrogens with zero attached hydrogens (tertiary/aromatic N) is 1. The summed E-state index contributed by atoms with van der Waals surface area (Å²) in [6, 6.07) is 15.5. The molecule has 0 amide bonds. The van der Waals surface area contributed by atoms with Crippen LogP contribution >= 0.6 is 0 Å². The van der Waals surface area contributed by atoms with Crippen molar-refractivity contribution in [3.05, 3.63) is 70.8 Å². The number of carbonyl (C=O) groups is 1. The SMILES string of the molecule is CCCCCCCCCCCC(C)c1cc(C)c(C)cc1Oc1cc2[nH]c(-c3ccc(C(=O)OC)cc3)nc2cc1OC. The third kappa shape index (κ3) is 8.40. The summed E-state index contributed by atoms with van der Waals surface area (Å²) in [5.74, 6) is 2.87. The molecule has 0 saturated carbocycles. The van der Waals surface area contributed by atoms with E-state index in [2.05, 4.69) is 44.8 Å². The molecule has 1 atom stereocenters. The number of unbranched alkanes of at least 4 members (excludes halogenated alkanes) is 8. The molecule has 43 heavy (non-hydrogen) atoms. The largest absolute Gasteiger partial charge is 0.493 e. The second kappa shape index (κ2) is 15.6. The molecule has 6 heteroatoms. The molecule has 4 rings (SSSR count). The van der Waals surface area contributed by atoms with Crippen LogP contribution in [0.2, 0.25) is 0 Å². The topological polar surface area (TPSA) is 73.4 Å². The highest BCUT2D eigenvalue weighted by molar-refractivity contribution is 5.90. The Labute approximate surface area is 257 Å². The van der Waals surface area contributed by atoms with E-state index in [0.29, 0.717) is 28.8 Å². The van der Waals surface area contributed by atoms with Crippen LogP contribution in [0.1, 0.15) is 111 Å². The molecule has 0 bridgehead atoms. The van der Waals surface area contributed by atoms with Crippen LogP contribution in [0.3, 0.4) is 0 Å². The fourth-order valence-electron chi connectivity index (χ4n) is 5.60. The molecular formula is C37H48N2O4. The molecule has 0 spiro atoms. The summed E-state index contributed by atoms with van der Waals surface area (Å²) in [4.78, 5) is 20.0. The van der Waals surface area contributed by atoms with Gasteiger partial charge in [-0.3, -0.25) is 0 Å². The van der Waals surface area contributed by atoms with Gasteiger partial charge < -0.3 is 19.2 Å². The third-order valence-corrected chi connectivity index (χ3v) is 8.46. The Bertz CT molecular complexity index is 1490. The average Bonchev–Trinajstić information content (AvgIpc) is 3.44. The number of aromatic nitrogens is 2. The van der Waals surface area contributed by atoms with Gasteiger partial charge in [0.1, 0.15) is 11.6 Å². The Balaban J connectivity index is 1.49. The number of methoxy groups -OCH3 is 2. The number of rotatable bonds is 16. The lowest BCUT2D eigenvalue weighted by Crippen LogP contribution is -2.01. The van der Waals surface area contributed by atoms with Gasteiger partial charge in [-0.2, -0.15) is 0 Å². The first kappa shape index (κ1) is 32.1. The molecule has 0 radical (unpaired) electrons. The number of imidazole rings is 1. The van der Waals surface area contributed by atoms with Crippen molar-refractivity contribution in [2.45, 2.75) is 97.8 Å². The average molecular weight is 585 g/mol. The van der Waals surface area contributed by atoms with Gasteiger partial charge in [-0.05, 0) is 61.1 Å². The van der Waals surface area contributed by atoms with Crippen LogP contribution in [0, 0.1) is 13.8 Å². The second-order valence-corrected chi connectivity index (χ2v) is 11.8. The van der Waals surface area contributed by atoms with Crippen molar-refractivity contribution >= 4 is 17.0 Å². The minimum absolute atomic E-state index is 0.365. The van der Waals surface area contributed by atoms with Crippen molar-refractivity contribution in [2.75, 3.05) is 14.2 Å². The molecule has 230 valence electrons. The van der Waals surface area contributed by atoms with Gasteiger partial charge in [0.25, 0.3) is 0 Å². The third-order valence-electron chi connectivity index (χ3n) is 8.46. The van der Waals surface area contributed by atoms with E-state index in [0.717, 1.165) is 28.8 Å². The van der Waals surface area contributed by atoms with Gasteiger partial charge in [-0.25, -0.2) is 9.78 Å². The van der Waals surface area contributed by atoms with Crippen LogP contribution in [0.4, 0.5) is 0 Å². The summed E-state index contributed by atoms with van der Waals surface area (Å²) in [5, 5.41) is 0. The number of aryl methyl sites for hydroxylation is 2. The minimum Gasteiger partial charge on any atom is -0.493 e. The highest BCUT2D eigenvalue weighted by Crippen LogP contribution is 2.40. The number of aromatic amines is 1. The van der Waals surface area contributed by atoms with Gasteiger partial charge in [0.2, 0.25) is 0 Å². The molecule has 3 aromatic carbocycles. The predicted molar refractivity (Wildman–Crippen MR) is 176 cm³/mol. The molecular weight excluding hydrogens is 536 g/mol. The number of nitrogens with one attached hydrogen (secondary N) is 1. The molecule has 1 N–H and O–H groups in total. The molecule has 6 nitrogen and oxygen atoms in total. The van der Waals surface area contributed by atoms with E-state index in [1.807, 2.05) is 24.3 Å². The van der Waals surface area contributed by atoms with E-state index in [-0.39, 0.29) is 5.97 Å². The van der Waals surface area contributed by atoms with E-state index >= 15 is 0 Å². The van der Waals surface area contributed by atoms with E-state index in [9.17, 15) is 4.79 Å². The summed E-state index contributed by atoms with van der Waals surface area (Å²) < 4.78 is 17.2. The number of esters is 1. The van der Waals surface area contributed by atoms with Gasteiger partial charge in [0.15, 0.2) is 11.5 Å². The molecule has 0 aliphatic heterocycles. The van der Waals surface area contributed by atoms with Crippen molar-refractivity contribution in [1.82, 2.24) is 9.97 Å². The van der Waals surface area contributed by atoms with E-state index in [4.69, 9.17) is 19.2 Å². The zero-order chi connectivity index (χ0) is 30.8. The van der Waals surface area contributed by atoms with Crippen LogP contribution in [-0.4, -0.2) is 30.2 Å². The highest BCUT2D eigenvalue weighted by Gasteiger charge is 2.18. The molecule has 1 aromatic heterocycles. The number of H-pyrrole nitrogens is 1. The summed E-state index contributed by atoms with van der Waals surface area (Å²) >= 11 is 0. The smallest absolute Gasteiger partial charge is 0.337 e. The maximum absolute atomic E-state index is 11.8. The van der Waals surface area contributed by atoms with Crippen molar-refractivity contribution in [1.29, 1.82) is 0 Å². The summed E-state index contributed by atoms with van der Waals surface area (Å²) in [6.07, 6.45) is 13.2. The first-order chi connectivity index (χ1) is 20.8. The molecule has 0 aliphatic carbocycles. The van der Waals surface area contributed by atoms with Crippen molar-refractivity contribution in [3.63, 3.8) is 0 Å². The number of ether oxygens (including phenoxy) is 3. The van der Waals surface area contributed by atoms with Crippen LogP contribution in [-0.2, 0) is 4.74 Å². The number of hydrogen-bond donors (Lipinski definition) is 1. The maximum atomic E-state index is 11.8. The van der Waals surface area contributed by atoms with Crippen LogP contribution in [0.5, 0.6) is 17.2 Å². The Morgan fingerprint density at radius 1 is 0.814 bits per heavy atom. The summed E-state index contributed by atoms with van der Waals surface area (Å²) in [7, 11) is 3.03. The lowest BCUT2D eigenvalue weighted by Gasteiger charge is -2.20. The lowest BCUT2D eigenvalue weighted by atomic mass is 9.91. The van der Waals surface area contributed by atoms with Crippen molar-refractivity contribution < 1.29 is 19.0 Å². The predicted octanol–water partition coefficient (Wildman–Crippen LogP) is 10.5. The van der Waals surface area contributed by atoms with Crippen LogP contribution in [0.15, 0.2) is 48.5 Å². The molecule has 0 aliphatic rings. The molecule has 0 saturated heterocycles. The quantitative estimate of drug-likeness (QED) is 0.105.